The summed E-state index contributed by atoms with van der Waals surface area (Å²) in [4.78, 5) is 21.5. The minimum absolute atomic E-state index is 0.0657. The standard InChI is InChI=1S/C12H10N4O3/c1-6-9(4-13)7(2)12(16(18)19)11(10(6)5-14)15-8(3)17/h1-3H3,(H,15,17). The van der Waals surface area contributed by atoms with Gasteiger partial charge < -0.3 is 5.32 Å². The van der Waals surface area contributed by atoms with Gasteiger partial charge in [-0.3, -0.25) is 14.9 Å². The van der Waals surface area contributed by atoms with E-state index in [1.807, 2.05) is 6.07 Å². The molecule has 0 aliphatic rings. The summed E-state index contributed by atoms with van der Waals surface area (Å²) in [5.74, 6) is -0.525. The highest BCUT2D eigenvalue weighted by molar-refractivity contribution is 5.95. The van der Waals surface area contributed by atoms with Crippen molar-refractivity contribution in [3.8, 4) is 12.1 Å². The average molecular weight is 258 g/mol. The largest absolute Gasteiger partial charge is 0.319 e. The summed E-state index contributed by atoms with van der Waals surface area (Å²) in [7, 11) is 0. The van der Waals surface area contributed by atoms with Gasteiger partial charge in [-0.2, -0.15) is 10.5 Å². The number of nitriles is 2. The number of hydrogen-bond donors (Lipinski definition) is 1. The molecule has 0 heterocycles. The second-order valence-corrected chi connectivity index (χ2v) is 3.89. The Bertz CT molecular complexity index is 665. The van der Waals surface area contributed by atoms with Gasteiger partial charge in [0.05, 0.1) is 22.1 Å². The van der Waals surface area contributed by atoms with E-state index in [0.717, 1.165) is 0 Å². The zero-order valence-corrected chi connectivity index (χ0v) is 10.6. The first kappa shape index (κ1) is 14.1. The number of benzene rings is 1. The maximum absolute atomic E-state index is 11.1. The predicted octanol–water partition coefficient (Wildman–Crippen LogP) is 1.91. The van der Waals surface area contributed by atoms with Gasteiger partial charge in [0, 0.05) is 12.5 Å². The van der Waals surface area contributed by atoms with E-state index >= 15 is 0 Å². The molecule has 0 unspecified atom stereocenters. The molecule has 0 atom stereocenters. The molecule has 19 heavy (non-hydrogen) atoms. The third kappa shape index (κ3) is 2.35. The summed E-state index contributed by atoms with van der Waals surface area (Å²) >= 11 is 0. The molecule has 0 spiro atoms. The first-order valence-corrected chi connectivity index (χ1v) is 5.24. The molecule has 0 saturated heterocycles. The number of anilines is 1. The molecule has 1 amide bonds. The fourth-order valence-electron chi connectivity index (χ4n) is 1.85. The molecule has 0 aliphatic carbocycles. The molecule has 0 fully saturated rings. The third-order valence-electron chi connectivity index (χ3n) is 2.67. The molecule has 1 aromatic carbocycles. The normalized spacial score (nSPS) is 9.32. The monoisotopic (exact) mass is 258 g/mol. The van der Waals surface area contributed by atoms with Gasteiger partial charge in [0.1, 0.15) is 11.8 Å². The van der Waals surface area contributed by atoms with Crippen molar-refractivity contribution in [2.75, 3.05) is 5.32 Å². The van der Waals surface area contributed by atoms with E-state index in [-0.39, 0.29) is 22.4 Å². The van der Waals surface area contributed by atoms with Crippen LogP contribution in [0.3, 0.4) is 0 Å². The van der Waals surface area contributed by atoms with E-state index in [9.17, 15) is 14.9 Å². The summed E-state index contributed by atoms with van der Waals surface area (Å²) in [6.45, 7) is 4.11. The van der Waals surface area contributed by atoms with Crippen LogP contribution in [0.4, 0.5) is 11.4 Å². The van der Waals surface area contributed by atoms with Gasteiger partial charge in [-0.1, -0.05) is 0 Å². The molecule has 0 aromatic heterocycles. The van der Waals surface area contributed by atoms with Crippen LogP contribution in [0.25, 0.3) is 0 Å². The van der Waals surface area contributed by atoms with Gasteiger partial charge in [-0.05, 0) is 19.4 Å². The Morgan fingerprint density at radius 1 is 1.21 bits per heavy atom. The number of carbonyl (C=O) groups is 1. The second-order valence-electron chi connectivity index (χ2n) is 3.89. The van der Waals surface area contributed by atoms with E-state index in [2.05, 4.69) is 5.32 Å². The van der Waals surface area contributed by atoms with E-state index in [4.69, 9.17) is 10.5 Å². The van der Waals surface area contributed by atoms with Crippen LogP contribution in [0, 0.1) is 46.6 Å². The number of amides is 1. The molecular formula is C12H10N4O3. The maximum atomic E-state index is 11.1. The number of carbonyl (C=O) groups excluding carboxylic acids is 1. The van der Waals surface area contributed by atoms with Crippen LogP contribution in [0.2, 0.25) is 0 Å². The summed E-state index contributed by atoms with van der Waals surface area (Å²) in [6.07, 6.45) is 0. The lowest BCUT2D eigenvalue weighted by Crippen LogP contribution is -2.12. The van der Waals surface area contributed by atoms with Gasteiger partial charge in [-0.15, -0.1) is 0 Å². The molecule has 1 aromatic rings. The first-order chi connectivity index (χ1) is 8.84. The summed E-state index contributed by atoms with van der Waals surface area (Å²) in [6, 6.07) is 3.64. The Hall–Kier alpha value is -2.93. The lowest BCUT2D eigenvalue weighted by molar-refractivity contribution is -0.384. The minimum Gasteiger partial charge on any atom is -0.319 e. The topological polar surface area (TPSA) is 120 Å². The highest BCUT2D eigenvalue weighted by Crippen LogP contribution is 2.36. The fraction of sp³-hybridized carbons (Fsp3) is 0.250. The number of nitro benzene ring substituents is 1. The minimum atomic E-state index is -0.707. The van der Waals surface area contributed by atoms with Crippen LogP contribution in [0.1, 0.15) is 29.2 Å². The molecule has 7 nitrogen and oxygen atoms in total. The number of hydrogen-bond acceptors (Lipinski definition) is 5. The Kier molecular flexibility index (Phi) is 3.83. The fourth-order valence-corrected chi connectivity index (χ4v) is 1.85. The maximum Gasteiger partial charge on any atom is 0.298 e. The van der Waals surface area contributed by atoms with E-state index in [1.54, 1.807) is 6.07 Å². The first-order valence-electron chi connectivity index (χ1n) is 5.24. The van der Waals surface area contributed by atoms with Crippen molar-refractivity contribution in [2.45, 2.75) is 20.8 Å². The van der Waals surface area contributed by atoms with Crippen molar-refractivity contribution in [1.29, 1.82) is 10.5 Å². The number of nitrogens with zero attached hydrogens (tertiary/aromatic N) is 3. The molecule has 96 valence electrons. The smallest absolute Gasteiger partial charge is 0.298 e. The molecule has 0 radical (unpaired) electrons. The molecule has 1 rings (SSSR count). The second kappa shape index (κ2) is 5.15. The zero-order chi connectivity index (χ0) is 14.7. The lowest BCUT2D eigenvalue weighted by Gasteiger charge is -2.12. The van der Waals surface area contributed by atoms with Gasteiger partial charge in [0.15, 0.2) is 0 Å². The average Bonchev–Trinajstić information content (AvgIpc) is 2.28. The van der Waals surface area contributed by atoms with Crippen molar-refractivity contribution in [3.63, 3.8) is 0 Å². The number of nitro groups is 1. The van der Waals surface area contributed by atoms with Crippen LogP contribution in [0.5, 0.6) is 0 Å². The van der Waals surface area contributed by atoms with Gasteiger partial charge in [0.2, 0.25) is 5.91 Å². The Balaban J connectivity index is 3.88. The van der Waals surface area contributed by atoms with Crippen molar-refractivity contribution in [3.05, 3.63) is 32.4 Å². The Morgan fingerprint density at radius 3 is 2.11 bits per heavy atom. The van der Waals surface area contributed by atoms with Crippen molar-refractivity contribution < 1.29 is 9.72 Å². The van der Waals surface area contributed by atoms with Crippen LogP contribution >= 0.6 is 0 Å². The van der Waals surface area contributed by atoms with Crippen LogP contribution < -0.4 is 5.32 Å². The molecule has 0 saturated carbocycles. The summed E-state index contributed by atoms with van der Waals surface area (Å²) < 4.78 is 0. The lowest BCUT2D eigenvalue weighted by atomic mass is 9.95. The number of nitrogens with one attached hydrogen (secondary N) is 1. The van der Waals surface area contributed by atoms with Crippen LogP contribution in [0.15, 0.2) is 0 Å². The highest BCUT2D eigenvalue weighted by atomic mass is 16.6. The van der Waals surface area contributed by atoms with Crippen molar-refractivity contribution in [2.24, 2.45) is 0 Å². The molecule has 7 heteroatoms. The van der Waals surface area contributed by atoms with Gasteiger partial charge in [-0.25, -0.2) is 0 Å². The number of rotatable bonds is 2. The molecule has 0 aliphatic heterocycles. The Labute approximate surface area is 109 Å². The Morgan fingerprint density at radius 2 is 1.74 bits per heavy atom. The van der Waals surface area contributed by atoms with Crippen LogP contribution in [-0.4, -0.2) is 10.8 Å². The zero-order valence-electron chi connectivity index (χ0n) is 10.6. The van der Waals surface area contributed by atoms with E-state index < -0.39 is 16.5 Å². The highest BCUT2D eigenvalue weighted by Gasteiger charge is 2.27. The van der Waals surface area contributed by atoms with Crippen molar-refractivity contribution in [1.82, 2.24) is 0 Å². The van der Waals surface area contributed by atoms with Crippen LogP contribution in [-0.2, 0) is 4.79 Å². The van der Waals surface area contributed by atoms with Gasteiger partial charge >= 0.3 is 0 Å². The summed E-state index contributed by atoms with van der Waals surface area (Å²) in [5, 5.41) is 31.5. The molecule has 1 N–H and O–H groups in total. The SMILES string of the molecule is CC(=O)Nc1c(C#N)c(C)c(C#N)c(C)c1[N+](=O)[O-]. The quantitative estimate of drug-likeness (QED) is 0.641. The predicted molar refractivity (Wildman–Crippen MR) is 66.3 cm³/mol. The van der Waals surface area contributed by atoms with E-state index in [0.29, 0.717) is 5.56 Å². The third-order valence-corrected chi connectivity index (χ3v) is 2.67. The molecular weight excluding hydrogens is 248 g/mol. The van der Waals surface area contributed by atoms with Crippen molar-refractivity contribution >= 4 is 17.3 Å². The summed E-state index contributed by atoms with van der Waals surface area (Å²) in [5.41, 5.74) is -0.117. The molecule has 0 bridgehead atoms. The van der Waals surface area contributed by atoms with E-state index in [1.165, 1.54) is 20.8 Å². The van der Waals surface area contributed by atoms with Gasteiger partial charge in [0.25, 0.3) is 5.69 Å².